The highest BCUT2D eigenvalue weighted by atomic mass is 35.5. The molecular formula is C25H25ClN2O. The molecule has 0 amide bonds. The molecule has 148 valence electrons. The van der Waals surface area contributed by atoms with E-state index in [4.69, 9.17) is 16.6 Å². The molecule has 1 aliphatic heterocycles. The van der Waals surface area contributed by atoms with Crippen molar-refractivity contribution >= 4 is 23.0 Å². The summed E-state index contributed by atoms with van der Waals surface area (Å²) in [5, 5.41) is 10.4. The molecule has 0 aliphatic carbocycles. The van der Waals surface area contributed by atoms with Gasteiger partial charge in [0.05, 0.1) is 11.8 Å². The standard InChI is InChI=1S/C25H25ClN2O/c1-3-17-6-4-5-7-19(17)14-21-16-28(2)24-13-10-20(26)15-23(24)25(27-21)18-8-11-22(29)12-9-18/h4-13,15,21,29H,3,14,16H2,1-2H3. The number of nitrogens with zero attached hydrogens (tertiary/aromatic N) is 2. The molecule has 0 aromatic heterocycles. The van der Waals surface area contributed by atoms with Gasteiger partial charge in [0, 0.05) is 35.4 Å². The van der Waals surface area contributed by atoms with E-state index in [1.54, 1.807) is 12.1 Å². The highest BCUT2D eigenvalue weighted by Crippen LogP contribution is 2.31. The minimum Gasteiger partial charge on any atom is -0.508 e. The fraction of sp³-hybridized carbons (Fsp3) is 0.240. The monoisotopic (exact) mass is 404 g/mol. The normalized spacial score (nSPS) is 16.2. The number of rotatable bonds is 4. The van der Waals surface area contributed by atoms with Crippen molar-refractivity contribution in [3.63, 3.8) is 0 Å². The number of hydrogen-bond donors (Lipinski definition) is 1. The zero-order chi connectivity index (χ0) is 20.4. The van der Waals surface area contributed by atoms with E-state index in [-0.39, 0.29) is 11.8 Å². The summed E-state index contributed by atoms with van der Waals surface area (Å²) in [6.45, 7) is 3.02. The van der Waals surface area contributed by atoms with Crippen LogP contribution in [0.4, 0.5) is 5.69 Å². The quantitative estimate of drug-likeness (QED) is 0.622. The molecule has 0 spiro atoms. The smallest absolute Gasteiger partial charge is 0.115 e. The van der Waals surface area contributed by atoms with Gasteiger partial charge in [-0.15, -0.1) is 0 Å². The molecular weight excluding hydrogens is 380 g/mol. The average molecular weight is 405 g/mol. The SMILES string of the molecule is CCc1ccccc1CC1CN(C)c2ccc(Cl)cc2C(c2ccc(O)cc2)=N1. The van der Waals surface area contributed by atoms with Crippen LogP contribution in [0.25, 0.3) is 0 Å². The Bertz CT molecular complexity index is 1040. The van der Waals surface area contributed by atoms with Crippen LogP contribution in [0.15, 0.2) is 71.7 Å². The number of likely N-dealkylation sites (N-methyl/N-ethyl adjacent to an activating group) is 1. The number of aromatic hydroxyl groups is 1. The highest BCUT2D eigenvalue weighted by molar-refractivity contribution is 6.31. The number of benzene rings is 3. The highest BCUT2D eigenvalue weighted by Gasteiger charge is 2.24. The predicted molar refractivity (Wildman–Crippen MR) is 122 cm³/mol. The first-order valence-corrected chi connectivity index (χ1v) is 10.4. The van der Waals surface area contributed by atoms with Crippen molar-refractivity contribution in [3.05, 3.63) is 94.0 Å². The van der Waals surface area contributed by atoms with Crippen LogP contribution < -0.4 is 4.90 Å². The molecule has 3 aromatic carbocycles. The maximum Gasteiger partial charge on any atom is 0.115 e. The van der Waals surface area contributed by atoms with Crippen LogP contribution in [0.5, 0.6) is 5.75 Å². The summed E-state index contributed by atoms with van der Waals surface area (Å²) < 4.78 is 0. The third-order valence-electron chi connectivity index (χ3n) is 5.52. The predicted octanol–water partition coefficient (Wildman–Crippen LogP) is 5.51. The van der Waals surface area contributed by atoms with E-state index in [9.17, 15) is 5.11 Å². The van der Waals surface area contributed by atoms with Crippen LogP contribution in [-0.2, 0) is 12.8 Å². The number of benzodiazepines with no additional fused rings is 1. The maximum absolute atomic E-state index is 9.73. The van der Waals surface area contributed by atoms with E-state index in [1.807, 2.05) is 24.3 Å². The van der Waals surface area contributed by atoms with Crippen molar-refractivity contribution in [1.29, 1.82) is 0 Å². The number of phenols is 1. The van der Waals surface area contributed by atoms with Crippen molar-refractivity contribution in [2.75, 3.05) is 18.5 Å². The zero-order valence-corrected chi connectivity index (χ0v) is 17.5. The fourth-order valence-corrected chi connectivity index (χ4v) is 4.23. The summed E-state index contributed by atoms with van der Waals surface area (Å²) in [5.41, 5.74) is 6.78. The molecule has 1 atom stereocenters. The fourth-order valence-electron chi connectivity index (χ4n) is 4.05. The van der Waals surface area contributed by atoms with Crippen molar-refractivity contribution in [2.24, 2.45) is 4.99 Å². The van der Waals surface area contributed by atoms with Gasteiger partial charge in [0.25, 0.3) is 0 Å². The molecule has 3 aromatic rings. The molecule has 0 saturated carbocycles. The van der Waals surface area contributed by atoms with Gasteiger partial charge >= 0.3 is 0 Å². The number of hydrogen-bond acceptors (Lipinski definition) is 3. The van der Waals surface area contributed by atoms with Gasteiger partial charge in [-0.2, -0.15) is 0 Å². The lowest BCUT2D eigenvalue weighted by molar-refractivity contribution is 0.475. The Morgan fingerprint density at radius 2 is 1.76 bits per heavy atom. The van der Waals surface area contributed by atoms with Gasteiger partial charge in [0.2, 0.25) is 0 Å². The van der Waals surface area contributed by atoms with E-state index < -0.39 is 0 Å². The second-order valence-electron chi connectivity index (χ2n) is 7.55. The van der Waals surface area contributed by atoms with Gasteiger partial charge in [-0.05, 0) is 66.4 Å². The summed E-state index contributed by atoms with van der Waals surface area (Å²) in [4.78, 5) is 7.48. The van der Waals surface area contributed by atoms with Crippen molar-refractivity contribution in [3.8, 4) is 5.75 Å². The molecule has 0 saturated heterocycles. The van der Waals surface area contributed by atoms with Gasteiger partial charge < -0.3 is 10.0 Å². The molecule has 0 radical (unpaired) electrons. The number of aryl methyl sites for hydroxylation is 1. The van der Waals surface area contributed by atoms with Gasteiger partial charge in [0.15, 0.2) is 0 Å². The first kappa shape index (κ1) is 19.5. The van der Waals surface area contributed by atoms with E-state index in [0.29, 0.717) is 5.02 Å². The van der Waals surface area contributed by atoms with Gasteiger partial charge in [-0.25, -0.2) is 0 Å². The first-order valence-electron chi connectivity index (χ1n) is 10.00. The lowest BCUT2D eigenvalue weighted by Crippen LogP contribution is -2.28. The lowest BCUT2D eigenvalue weighted by Gasteiger charge is -2.23. The minimum atomic E-state index is 0.114. The van der Waals surface area contributed by atoms with Crippen LogP contribution in [-0.4, -0.2) is 30.5 Å². The molecule has 4 heteroatoms. The molecule has 4 rings (SSSR count). The lowest BCUT2D eigenvalue weighted by atomic mass is 9.98. The first-order chi connectivity index (χ1) is 14.0. The average Bonchev–Trinajstić information content (AvgIpc) is 2.85. The Kier molecular flexibility index (Phi) is 5.59. The van der Waals surface area contributed by atoms with Crippen LogP contribution >= 0.6 is 11.6 Å². The number of aliphatic imine (C=N–C) groups is 1. The summed E-state index contributed by atoms with van der Waals surface area (Å²) in [7, 11) is 2.11. The van der Waals surface area contributed by atoms with Crippen molar-refractivity contribution in [1.82, 2.24) is 0 Å². The van der Waals surface area contributed by atoms with Crippen molar-refractivity contribution < 1.29 is 5.11 Å². The van der Waals surface area contributed by atoms with E-state index in [0.717, 1.165) is 41.9 Å². The molecule has 1 heterocycles. The van der Waals surface area contributed by atoms with E-state index in [2.05, 4.69) is 49.2 Å². The molecule has 0 bridgehead atoms. The molecule has 0 fully saturated rings. The topological polar surface area (TPSA) is 35.8 Å². The molecule has 1 N–H and O–H groups in total. The van der Waals surface area contributed by atoms with Crippen LogP contribution in [0.3, 0.4) is 0 Å². The Morgan fingerprint density at radius 1 is 1.03 bits per heavy atom. The summed E-state index contributed by atoms with van der Waals surface area (Å²) >= 11 is 6.35. The van der Waals surface area contributed by atoms with Crippen LogP contribution in [0, 0.1) is 0 Å². The molecule has 29 heavy (non-hydrogen) atoms. The second kappa shape index (κ2) is 8.30. The number of anilines is 1. The van der Waals surface area contributed by atoms with Gasteiger partial charge in [-0.3, -0.25) is 4.99 Å². The molecule has 1 unspecified atom stereocenters. The van der Waals surface area contributed by atoms with E-state index in [1.165, 1.54) is 11.1 Å². The molecule has 3 nitrogen and oxygen atoms in total. The third-order valence-corrected chi connectivity index (χ3v) is 5.75. The summed E-state index contributed by atoms with van der Waals surface area (Å²) in [5.74, 6) is 0.250. The Hall–Kier alpha value is -2.78. The largest absolute Gasteiger partial charge is 0.508 e. The third kappa shape index (κ3) is 4.15. The number of halogens is 1. The van der Waals surface area contributed by atoms with Crippen molar-refractivity contribution in [2.45, 2.75) is 25.8 Å². The summed E-state index contributed by atoms with van der Waals surface area (Å²) in [6.07, 6.45) is 1.90. The second-order valence-corrected chi connectivity index (χ2v) is 7.98. The van der Waals surface area contributed by atoms with Gasteiger partial charge in [0.1, 0.15) is 5.75 Å². The Morgan fingerprint density at radius 3 is 2.48 bits per heavy atom. The number of phenolic OH excluding ortho intramolecular Hbond substituents is 1. The Labute approximate surface area is 177 Å². The maximum atomic E-state index is 9.73. The number of fused-ring (bicyclic) bond motifs is 1. The zero-order valence-electron chi connectivity index (χ0n) is 16.8. The molecule has 1 aliphatic rings. The van der Waals surface area contributed by atoms with Crippen LogP contribution in [0.1, 0.15) is 29.2 Å². The van der Waals surface area contributed by atoms with Crippen LogP contribution in [0.2, 0.25) is 5.02 Å². The summed E-state index contributed by atoms with van der Waals surface area (Å²) in [6, 6.07) is 22.0. The van der Waals surface area contributed by atoms with E-state index >= 15 is 0 Å². The minimum absolute atomic E-state index is 0.114. The van der Waals surface area contributed by atoms with Gasteiger partial charge in [-0.1, -0.05) is 42.8 Å². The Balaban J connectivity index is 1.81.